The number of aliphatic hydroxyl groups excluding tert-OH is 1. The van der Waals surface area contributed by atoms with E-state index in [1.807, 2.05) is 30.3 Å². The fraction of sp³-hybridized carbons (Fsp3) is 0.333. The molecule has 0 aliphatic carbocycles. The number of para-hydroxylation sites is 1. The number of aromatic nitrogens is 1. The van der Waals surface area contributed by atoms with Gasteiger partial charge in [0.15, 0.2) is 0 Å². The van der Waals surface area contributed by atoms with Crippen LogP contribution in [0, 0.1) is 5.92 Å². The van der Waals surface area contributed by atoms with Gasteiger partial charge in [-0.2, -0.15) is 0 Å². The number of piperidine rings is 1. The number of urea groups is 1. The second-order valence-corrected chi connectivity index (χ2v) is 5.86. The summed E-state index contributed by atoms with van der Waals surface area (Å²) in [4.78, 5) is 18.2. The summed E-state index contributed by atoms with van der Waals surface area (Å²) in [6, 6.07) is 12.7. The number of ether oxygens (including phenoxy) is 1. The molecule has 0 saturated carbocycles. The summed E-state index contributed by atoms with van der Waals surface area (Å²) in [5.41, 5.74) is 0. The van der Waals surface area contributed by atoms with Crippen LogP contribution in [0.1, 0.15) is 12.8 Å². The Morgan fingerprint density at radius 1 is 1.25 bits per heavy atom. The first kappa shape index (κ1) is 16.3. The van der Waals surface area contributed by atoms with Gasteiger partial charge in [-0.25, -0.2) is 9.78 Å². The van der Waals surface area contributed by atoms with Crippen LogP contribution in [0.25, 0.3) is 0 Å². The number of anilines is 1. The highest BCUT2D eigenvalue weighted by molar-refractivity contribution is 5.88. The van der Waals surface area contributed by atoms with Crippen LogP contribution in [0.5, 0.6) is 11.5 Å². The largest absolute Gasteiger partial charge is 0.456 e. The summed E-state index contributed by atoms with van der Waals surface area (Å²) < 4.78 is 5.67. The Bertz CT molecular complexity index is 661. The van der Waals surface area contributed by atoms with Crippen LogP contribution < -0.4 is 10.1 Å². The van der Waals surface area contributed by atoms with E-state index < -0.39 is 0 Å². The van der Waals surface area contributed by atoms with Gasteiger partial charge >= 0.3 is 6.03 Å². The zero-order valence-electron chi connectivity index (χ0n) is 13.4. The molecule has 3 rings (SSSR count). The van der Waals surface area contributed by atoms with Gasteiger partial charge in [0.05, 0.1) is 6.20 Å². The second kappa shape index (κ2) is 7.79. The van der Waals surface area contributed by atoms with E-state index in [2.05, 4.69) is 10.3 Å². The lowest BCUT2D eigenvalue weighted by molar-refractivity contribution is 0.136. The van der Waals surface area contributed by atoms with Gasteiger partial charge in [0.25, 0.3) is 0 Å². The fourth-order valence-corrected chi connectivity index (χ4v) is 2.73. The first-order chi connectivity index (χ1) is 11.7. The molecule has 0 unspecified atom stereocenters. The Morgan fingerprint density at radius 2 is 2.08 bits per heavy atom. The van der Waals surface area contributed by atoms with E-state index in [0.29, 0.717) is 24.7 Å². The van der Waals surface area contributed by atoms with Crippen LogP contribution in [0.2, 0.25) is 0 Å². The van der Waals surface area contributed by atoms with Crippen molar-refractivity contribution < 1.29 is 14.6 Å². The number of likely N-dealkylation sites (tertiary alicyclic amines) is 1. The molecule has 126 valence electrons. The van der Waals surface area contributed by atoms with E-state index in [4.69, 9.17) is 4.74 Å². The third-order valence-corrected chi connectivity index (χ3v) is 4.01. The van der Waals surface area contributed by atoms with Crippen LogP contribution in [-0.4, -0.2) is 40.7 Å². The minimum Gasteiger partial charge on any atom is -0.456 e. The van der Waals surface area contributed by atoms with Crippen LogP contribution in [0.4, 0.5) is 10.6 Å². The van der Waals surface area contributed by atoms with E-state index in [1.54, 1.807) is 23.2 Å². The summed E-state index contributed by atoms with van der Waals surface area (Å²) in [6.07, 6.45) is 3.45. The highest BCUT2D eigenvalue weighted by Gasteiger charge is 2.23. The quantitative estimate of drug-likeness (QED) is 0.905. The molecule has 1 atom stereocenters. The number of benzene rings is 1. The average Bonchev–Trinajstić information content (AvgIpc) is 2.64. The topological polar surface area (TPSA) is 74.7 Å². The molecule has 1 saturated heterocycles. The van der Waals surface area contributed by atoms with Crippen LogP contribution in [0.3, 0.4) is 0 Å². The number of amides is 2. The second-order valence-electron chi connectivity index (χ2n) is 5.86. The Kier molecular flexibility index (Phi) is 5.28. The van der Waals surface area contributed by atoms with Crippen molar-refractivity contribution >= 4 is 11.8 Å². The first-order valence-corrected chi connectivity index (χ1v) is 8.10. The van der Waals surface area contributed by atoms with E-state index in [9.17, 15) is 9.90 Å². The number of rotatable bonds is 4. The molecule has 24 heavy (non-hydrogen) atoms. The van der Waals surface area contributed by atoms with E-state index >= 15 is 0 Å². The average molecular weight is 327 g/mol. The minimum atomic E-state index is -0.183. The molecule has 0 bridgehead atoms. The number of nitrogens with zero attached hydrogens (tertiary/aromatic N) is 2. The highest BCUT2D eigenvalue weighted by atomic mass is 16.5. The molecule has 1 aromatic heterocycles. The summed E-state index contributed by atoms with van der Waals surface area (Å²) in [5, 5.41) is 12.0. The molecule has 2 amide bonds. The normalized spacial score (nSPS) is 17.4. The molecule has 1 aliphatic rings. The number of hydrogen-bond acceptors (Lipinski definition) is 4. The monoisotopic (exact) mass is 327 g/mol. The zero-order valence-corrected chi connectivity index (χ0v) is 13.4. The molecule has 0 radical (unpaired) electrons. The molecule has 2 heterocycles. The van der Waals surface area contributed by atoms with Gasteiger partial charge in [0.1, 0.15) is 17.3 Å². The SMILES string of the molecule is O=C(Nc1ccc(Oc2ccccc2)cn1)N1CCC[C@H](CO)C1. The van der Waals surface area contributed by atoms with Gasteiger partial charge in [0.2, 0.25) is 0 Å². The lowest BCUT2D eigenvalue weighted by Gasteiger charge is -2.31. The highest BCUT2D eigenvalue weighted by Crippen LogP contribution is 2.21. The fourth-order valence-electron chi connectivity index (χ4n) is 2.73. The van der Waals surface area contributed by atoms with Crippen LogP contribution in [-0.2, 0) is 0 Å². The number of nitrogens with one attached hydrogen (secondary N) is 1. The molecule has 0 spiro atoms. The number of hydrogen-bond donors (Lipinski definition) is 2. The van der Waals surface area contributed by atoms with Gasteiger partial charge in [-0.15, -0.1) is 0 Å². The number of pyridine rings is 1. The molecular weight excluding hydrogens is 306 g/mol. The standard InChI is InChI=1S/C18H21N3O3/c22-13-14-5-4-10-21(12-14)18(23)20-17-9-8-16(11-19-17)24-15-6-2-1-3-7-15/h1-3,6-9,11,14,22H,4-5,10,12-13H2,(H,19,20,23)/t14-/m0/s1. The van der Waals surface area contributed by atoms with E-state index in [-0.39, 0.29) is 18.6 Å². The molecule has 2 aromatic rings. The van der Waals surface area contributed by atoms with Gasteiger partial charge in [0, 0.05) is 19.7 Å². The van der Waals surface area contributed by atoms with Crippen molar-refractivity contribution in [1.82, 2.24) is 9.88 Å². The molecule has 1 fully saturated rings. The molecule has 6 nitrogen and oxygen atoms in total. The van der Waals surface area contributed by atoms with Crippen LogP contribution >= 0.6 is 0 Å². The lowest BCUT2D eigenvalue weighted by atomic mass is 9.99. The smallest absolute Gasteiger partial charge is 0.323 e. The Morgan fingerprint density at radius 3 is 2.79 bits per heavy atom. The summed E-state index contributed by atoms with van der Waals surface area (Å²) in [7, 11) is 0. The summed E-state index contributed by atoms with van der Waals surface area (Å²) >= 11 is 0. The number of carbonyl (C=O) groups excluding carboxylic acids is 1. The van der Waals surface area contributed by atoms with Gasteiger partial charge in [-0.05, 0) is 43.0 Å². The lowest BCUT2D eigenvalue weighted by Crippen LogP contribution is -2.43. The van der Waals surface area contributed by atoms with E-state index in [0.717, 1.165) is 18.6 Å². The predicted octanol–water partition coefficient (Wildman–Crippen LogP) is 3.11. The van der Waals surface area contributed by atoms with Crippen molar-refractivity contribution in [2.75, 3.05) is 25.0 Å². The number of aliphatic hydroxyl groups is 1. The van der Waals surface area contributed by atoms with Crippen molar-refractivity contribution in [3.63, 3.8) is 0 Å². The molecule has 6 heteroatoms. The summed E-state index contributed by atoms with van der Waals surface area (Å²) in [6.45, 7) is 1.41. The van der Waals surface area contributed by atoms with Crippen molar-refractivity contribution in [2.24, 2.45) is 5.92 Å². The molecular formula is C18H21N3O3. The van der Waals surface area contributed by atoms with Crippen molar-refractivity contribution in [3.05, 3.63) is 48.7 Å². The van der Waals surface area contributed by atoms with Crippen molar-refractivity contribution in [3.8, 4) is 11.5 Å². The molecule has 2 N–H and O–H groups in total. The molecule has 1 aliphatic heterocycles. The van der Waals surface area contributed by atoms with Crippen LogP contribution in [0.15, 0.2) is 48.7 Å². The van der Waals surface area contributed by atoms with Crippen molar-refractivity contribution in [2.45, 2.75) is 12.8 Å². The predicted molar refractivity (Wildman–Crippen MR) is 91.2 cm³/mol. The van der Waals surface area contributed by atoms with Gasteiger partial charge < -0.3 is 14.7 Å². The molecule has 1 aromatic carbocycles. The maximum atomic E-state index is 12.3. The maximum absolute atomic E-state index is 12.3. The summed E-state index contributed by atoms with van der Waals surface area (Å²) in [5.74, 6) is 1.99. The van der Waals surface area contributed by atoms with Gasteiger partial charge in [-0.1, -0.05) is 18.2 Å². The zero-order chi connectivity index (χ0) is 16.8. The Balaban J connectivity index is 1.56. The third-order valence-electron chi connectivity index (χ3n) is 4.01. The van der Waals surface area contributed by atoms with E-state index in [1.165, 1.54) is 0 Å². The maximum Gasteiger partial charge on any atom is 0.323 e. The minimum absolute atomic E-state index is 0.119. The number of carbonyl (C=O) groups is 1. The van der Waals surface area contributed by atoms with Crippen molar-refractivity contribution in [1.29, 1.82) is 0 Å². The first-order valence-electron chi connectivity index (χ1n) is 8.10. The Labute approximate surface area is 141 Å². The third kappa shape index (κ3) is 4.23. The van der Waals surface area contributed by atoms with Gasteiger partial charge in [-0.3, -0.25) is 5.32 Å². The Hall–Kier alpha value is -2.60.